The average Bonchev–Trinajstić information content (AvgIpc) is 3.17. The van der Waals surface area contributed by atoms with E-state index in [1.165, 1.54) is 18.5 Å². The zero-order valence-electron chi connectivity index (χ0n) is 16.1. The van der Waals surface area contributed by atoms with E-state index in [2.05, 4.69) is 25.7 Å². The van der Waals surface area contributed by atoms with E-state index in [1.807, 2.05) is 0 Å². The van der Waals surface area contributed by atoms with Crippen LogP contribution < -0.4 is 10.6 Å². The van der Waals surface area contributed by atoms with Gasteiger partial charge in [0.15, 0.2) is 5.65 Å². The fraction of sp³-hybridized carbons (Fsp3) is 0.143. The van der Waals surface area contributed by atoms with E-state index in [0.717, 1.165) is 17.7 Å². The summed E-state index contributed by atoms with van der Waals surface area (Å²) in [6.07, 6.45) is 2.99. The van der Waals surface area contributed by atoms with Gasteiger partial charge < -0.3 is 10.6 Å². The minimum Gasteiger partial charge on any atom is -0.365 e. The van der Waals surface area contributed by atoms with Crippen molar-refractivity contribution in [2.45, 2.75) is 13.1 Å². The van der Waals surface area contributed by atoms with Gasteiger partial charge >= 0.3 is 0 Å². The molecule has 2 N–H and O–H groups in total. The molecule has 10 heteroatoms. The molecule has 4 aromatic rings. The topological polar surface area (TPSA) is 84.7 Å². The van der Waals surface area contributed by atoms with Crippen LogP contribution in [-0.2, 0) is 13.1 Å². The molecule has 7 nitrogen and oxygen atoms in total. The molecule has 0 unspecified atom stereocenters. The second kappa shape index (κ2) is 8.82. The summed E-state index contributed by atoms with van der Waals surface area (Å²) in [4.78, 5) is 20.6. The van der Waals surface area contributed by atoms with Crippen LogP contribution in [0.4, 0.5) is 19.0 Å². The van der Waals surface area contributed by atoms with Crippen molar-refractivity contribution in [2.24, 2.45) is 0 Å². The van der Waals surface area contributed by atoms with Crippen molar-refractivity contribution >= 4 is 22.8 Å². The maximum Gasteiger partial charge on any atom is 0.254 e. The number of aromatic nitrogens is 4. The van der Waals surface area contributed by atoms with Gasteiger partial charge in [0.2, 0.25) is 0 Å². The van der Waals surface area contributed by atoms with E-state index >= 15 is 0 Å². The molecule has 0 spiro atoms. The minimum absolute atomic E-state index is 0.161. The average molecular weight is 426 g/mol. The van der Waals surface area contributed by atoms with Gasteiger partial charge in [-0.05, 0) is 29.8 Å². The van der Waals surface area contributed by atoms with E-state index in [9.17, 15) is 18.0 Å². The fourth-order valence-electron chi connectivity index (χ4n) is 3.03. The molecule has 2 aromatic carbocycles. The summed E-state index contributed by atoms with van der Waals surface area (Å²) < 4.78 is 41.3. The first kappa shape index (κ1) is 20.3. The Morgan fingerprint density at radius 2 is 1.77 bits per heavy atom. The summed E-state index contributed by atoms with van der Waals surface area (Å²) >= 11 is 0. The molecule has 0 aliphatic carbocycles. The lowest BCUT2D eigenvalue weighted by atomic mass is 10.2. The van der Waals surface area contributed by atoms with Crippen LogP contribution in [0.3, 0.4) is 0 Å². The lowest BCUT2D eigenvalue weighted by molar-refractivity contribution is 0.0948. The summed E-state index contributed by atoms with van der Waals surface area (Å²) in [6, 6.07) is 8.90. The first-order valence-corrected chi connectivity index (χ1v) is 9.39. The van der Waals surface area contributed by atoms with Crippen LogP contribution in [0, 0.1) is 17.5 Å². The zero-order valence-corrected chi connectivity index (χ0v) is 16.1. The third kappa shape index (κ3) is 4.63. The highest BCUT2D eigenvalue weighted by Gasteiger charge is 2.13. The van der Waals surface area contributed by atoms with Crippen LogP contribution >= 0.6 is 0 Å². The van der Waals surface area contributed by atoms with Gasteiger partial charge in [0, 0.05) is 19.2 Å². The fourth-order valence-corrected chi connectivity index (χ4v) is 3.03. The Balaban J connectivity index is 1.40. The number of amides is 1. The van der Waals surface area contributed by atoms with Gasteiger partial charge in [-0.1, -0.05) is 12.1 Å². The van der Waals surface area contributed by atoms with Crippen LogP contribution in [0.1, 0.15) is 15.9 Å². The smallest absolute Gasteiger partial charge is 0.254 e. The van der Waals surface area contributed by atoms with Crippen LogP contribution in [-0.4, -0.2) is 32.2 Å². The molecular formula is C21H17F3N6O. The molecule has 0 fully saturated rings. The number of fused-ring (bicyclic) bond motifs is 1. The number of rotatable bonds is 7. The van der Waals surface area contributed by atoms with Crippen molar-refractivity contribution in [3.8, 4) is 0 Å². The van der Waals surface area contributed by atoms with Crippen molar-refractivity contribution in [1.82, 2.24) is 25.1 Å². The molecule has 2 heterocycles. The Bertz CT molecular complexity index is 1230. The van der Waals surface area contributed by atoms with E-state index in [4.69, 9.17) is 0 Å². The number of hydrogen-bond donors (Lipinski definition) is 2. The SMILES string of the molecule is O=C(NCCn1ncc2c(NCc3ccc(F)cc3)ncnc21)c1ccc(F)cc1F. The normalized spacial score (nSPS) is 10.9. The first-order valence-electron chi connectivity index (χ1n) is 9.39. The van der Waals surface area contributed by atoms with E-state index in [0.29, 0.717) is 29.5 Å². The van der Waals surface area contributed by atoms with Crippen molar-refractivity contribution < 1.29 is 18.0 Å². The third-order valence-corrected chi connectivity index (χ3v) is 4.59. The number of nitrogens with one attached hydrogen (secondary N) is 2. The summed E-state index contributed by atoms with van der Waals surface area (Å²) in [5.74, 6) is -2.06. The van der Waals surface area contributed by atoms with Crippen molar-refractivity contribution in [1.29, 1.82) is 0 Å². The number of hydrogen-bond acceptors (Lipinski definition) is 5. The van der Waals surface area contributed by atoms with Crippen LogP contribution in [0.5, 0.6) is 0 Å². The van der Waals surface area contributed by atoms with Crippen molar-refractivity contribution in [3.63, 3.8) is 0 Å². The zero-order chi connectivity index (χ0) is 21.8. The monoisotopic (exact) mass is 426 g/mol. The molecule has 0 aliphatic heterocycles. The van der Waals surface area contributed by atoms with Gasteiger partial charge in [-0.2, -0.15) is 5.10 Å². The Kier molecular flexibility index (Phi) is 5.78. The summed E-state index contributed by atoms with van der Waals surface area (Å²) in [5, 5.41) is 10.7. The molecule has 2 aromatic heterocycles. The Morgan fingerprint density at radius 3 is 2.55 bits per heavy atom. The van der Waals surface area contributed by atoms with Gasteiger partial charge in [0.05, 0.1) is 23.7 Å². The summed E-state index contributed by atoms with van der Waals surface area (Å²) in [6.45, 7) is 0.887. The molecule has 31 heavy (non-hydrogen) atoms. The quantitative estimate of drug-likeness (QED) is 0.474. The molecule has 158 valence electrons. The van der Waals surface area contributed by atoms with Gasteiger partial charge in [-0.3, -0.25) is 4.79 Å². The lowest BCUT2D eigenvalue weighted by Crippen LogP contribution is -2.28. The molecule has 0 radical (unpaired) electrons. The Morgan fingerprint density at radius 1 is 1.00 bits per heavy atom. The molecule has 4 rings (SSSR count). The minimum atomic E-state index is -0.924. The van der Waals surface area contributed by atoms with Crippen LogP contribution in [0.2, 0.25) is 0 Å². The molecule has 0 bridgehead atoms. The summed E-state index contributed by atoms with van der Waals surface area (Å²) in [5.41, 5.74) is 1.21. The van der Waals surface area contributed by atoms with Crippen molar-refractivity contribution in [3.05, 3.63) is 83.6 Å². The summed E-state index contributed by atoms with van der Waals surface area (Å²) in [7, 11) is 0. The van der Waals surface area contributed by atoms with Gasteiger partial charge in [-0.15, -0.1) is 0 Å². The van der Waals surface area contributed by atoms with Crippen LogP contribution in [0.25, 0.3) is 11.0 Å². The molecular weight excluding hydrogens is 409 g/mol. The maximum atomic E-state index is 13.7. The second-order valence-electron chi connectivity index (χ2n) is 6.69. The van der Waals surface area contributed by atoms with Gasteiger partial charge in [-0.25, -0.2) is 27.8 Å². The number of anilines is 1. The highest BCUT2D eigenvalue weighted by Crippen LogP contribution is 2.19. The standard InChI is InChI=1S/C21H17F3N6O/c22-14-3-1-13(2-4-14)10-26-19-17-11-29-30(20(17)28-12-27-19)8-7-25-21(31)16-6-5-15(23)9-18(16)24/h1-6,9,11-12H,7-8,10H2,(H,25,31)(H,26,27,28). The number of nitrogens with zero attached hydrogens (tertiary/aromatic N) is 4. The number of carbonyl (C=O) groups is 1. The number of benzene rings is 2. The Labute approximate surface area is 174 Å². The van der Waals surface area contributed by atoms with Crippen LogP contribution in [0.15, 0.2) is 55.0 Å². The third-order valence-electron chi connectivity index (χ3n) is 4.59. The predicted octanol–water partition coefficient (Wildman–Crippen LogP) is 3.29. The largest absolute Gasteiger partial charge is 0.365 e. The Hall–Kier alpha value is -3.95. The van der Waals surface area contributed by atoms with Gasteiger partial charge in [0.1, 0.15) is 29.6 Å². The molecule has 0 aliphatic rings. The molecule has 0 saturated heterocycles. The van der Waals surface area contributed by atoms with E-state index < -0.39 is 17.5 Å². The molecule has 0 saturated carbocycles. The first-order chi connectivity index (χ1) is 15.0. The lowest BCUT2D eigenvalue weighted by Gasteiger charge is -2.08. The van der Waals surface area contributed by atoms with E-state index in [1.54, 1.807) is 23.0 Å². The van der Waals surface area contributed by atoms with Crippen molar-refractivity contribution in [2.75, 3.05) is 11.9 Å². The highest BCUT2D eigenvalue weighted by molar-refractivity contribution is 5.94. The van der Waals surface area contributed by atoms with E-state index in [-0.39, 0.29) is 24.5 Å². The highest BCUT2D eigenvalue weighted by atomic mass is 19.1. The molecule has 1 amide bonds. The molecule has 0 atom stereocenters. The number of carbonyl (C=O) groups excluding carboxylic acids is 1. The number of halogens is 3. The second-order valence-corrected chi connectivity index (χ2v) is 6.69. The maximum absolute atomic E-state index is 13.7. The predicted molar refractivity (Wildman–Crippen MR) is 108 cm³/mol. The van der Waals surface area contributed by atoms with Gasteiger partial charge in [0.25, 0.3) is 5.91 Å².